The van der Waals surface area contributed by atoms with E-state index in [1.54, 1.807) is 0 Å². The molecule has 0 radical (unpaired) electrons. The van der Waals surface area contributed by atoms with E-state index in [0.717, 1.165) is 12.8 Å². The van der Waals surface area contributed by atoms with Crippen molar-refractivity contribution in [2.75, 3.05) is 6.61 Å². The summed E-state index contributed by atoms with van der Waals surface area (Å²) in [4.78, 5) is 9.78. The Morgan fingerprint density at radius 3 is 3.00 bits per heavy atom. The van der Waals surface area contributed by atoms with Gasteiger partial charge in [0.15, 0.2) is 0 Å². The Morgan fingerprint density at radius 2 is 2.55 bits per heavy atom. The van der Waals surface area contributed by atoms with Gasteiger partial charge in [0.2, 0.25) is 0 Å². The van der Waals surface area contributed by atoms with E-state index < -0.39 is 0 Å². The third-order valence-electron chi connectivity index (χ3n) is 2.22. The zero-order valence-electron chi connectivity index (χ0n) is 6.45. The molecule has 0 saturated heterocycles. The summed E-state index contributed by atoms with van der Waals surface area (Å²) >= 11 is 0. The molecule has 0 amide bonds. The fourth-order valence-corrected chi connectivity index (χ4v) is 1.25. The first-order valence-corrected chi connectivity index (χ1v) is 3.69. The molecular formula is C8H13NO2. The number of nitrogens with two attached hydrogens (primary N) is 1. The second-order valence-corrected chi connectivity index (χ2v) is 3.00. The Hall–Kier alpha value is -0.830. The zero-order valence-corrected chi connectivity index (χ0v) is 6.45. The molecule has 1 aliphatic rings. The number of hydrogen-bond donors (Lipinski definition) is 1. The van der Waals surface area contributed by atoms with Crippen LogP contribution in [-0.4, -0.2) is 18.6 Å². The smallest absolute Gasteiger partial charge is 0.293 e. The molecule has 2 atom stereocenters. The van der Waals surface area contributed by atoms with E-state index in [9.17, 15) is 4.79 Å². The van der Waals surface area contributed by atoms with Gasteiger partial charge in [0.05, 0.1) is 6.61 Å². The summed E-state index contributed by atoms with van der Waals surface area (Å²) in [6.45, 7) is 4.53. The Kier molecular flexibility index (Phi) is 2.29. The maximum absolute atomic E-state index is 9.78. The van der Waals surface area contributed by atoms with Gasteiger partial charge in [0.1, 0.15) is 0 Å². The molecule has 3 heteroatoms. The van der Waals surface area contributed by atoms with Gasteiger partial charge in [-0.2, -0.15) is 0 Å². The highest BCUT2D eigenvalue weighted by Crippen LogP contribution is 2.44. The van der Waals surface area contributed by atoms with Crippen LogP contribution in [0.4, 0.5) is 0 Å². The van der Waals surface area contributed by atoms with Crippen LogP contribution >= 0.6 is 0 Å². The van der Waals surface area contributed by atoms with Crippen molar-refractivity contribution in [2.24, 2.45) is 11.7 Å². The molecule has 0 bridgehead atoms. The first-order chi connectivity index (χ1) is 5.23. The second-order valence-electron chi connectivity index (χ2n) is 3.00. The Bertz CT molecular complexity index is 169. The largest absolute Gasteiger partial charge is 0.468 e. The maximum Gasteiger partial charge on any atom is 0.293 e. The van der Waals surface area contributed by atoms with E-state index in [1.165, 1.54) is 0 Å². The van der Waals surface area contributed by atoms with Crippen molar-refractivity contribution in [1.29, 1.82) is 0 Å². The molecule has 3 nitrogen and oxygen atoms in total. The van der Waals surface area contributed by atoms with Gasteiger partial charge in [-0.3, -0.25) is 4.79 Å². The molecule has 1 aliphatic carbocycles. The van der Waals surface area contributed by atoms with Crippen molar-refractivity contribution in [3.8, 4) is 0 Å². The molecule has 11 heavy (non-hydrogen) atoms. The lowest BCUT2D eigenvalue weighted by atomic mass is 10.1. The second kappa shape index (κ2) is 3.05. The average Bonchev–Trinajstić information content (AvgIpc) is 2.63. The highest BCUT2D eigenvalue weighted by atomic mass is 16.5. The van der Waals surface area contributed by atoms with Crippen LogP contribution in [0.1, 0.15) is 12.8 Å². The molecule has 0 heterocycles. The standard InChI is InChI=1S/C8H13NO2/c1-2-7-5-8(7,9)3-4-11-6-10/h2,6-7H,1,3-5,9H2. The van der Waals surface area contributed by atoms with Gasteiger partial charge >= 0.3 is 0 Å². The average molecular weight is 155 g/mol. The van der Waals surface area contributed by atoms with Crippen LogP contribution in [0.2, 0.25) is 0 Å². The fraction of sp³-hybridized carbons (Fsp3) is 0.625. The predicted octanol–water partition coefficient (Wildman–Crippen LogP) is 0.453. The van der Waals surface area contributed by atoms with E-state index >= 15 is 0 Å². The normalized spacial score (nSPS) is 34.5. The summed E-state index contributed by atoms with van der Waals surface area (Å²) in [6.07, 6.45) is 3.57. The molecule has 62 valence electrons. The van der Waals surface area contributed by atoms with Crippen molar-refractivity contribution in [3.05, 3.63) is 12.7 Å². The summed E-state index contributed by atoms with van der Waals surface area (Å²) in [5.74, 6) is 0.415. The van der Waals surface area contributed by atoms with Crippen LogP contribution in [0.3, 0.4) is 0 Å². The minimum absolute atomic E-state index is 0.134. The van der Waals surface area contributed by atoms with E-state index in [0.29, 0.717) is 19.0 Å². The predicted molar refractivity (Wildman–Crippen MR) is 41.9 cm³/mol. The highest BCUT2D eigenvalue weighted by molar-refractivity contribution is 5.36. The van der Waals surface area contributed by atoms with Crippen molar-refractivity contribution >= 4 is 6.47 Å². The third-order valence-corrected chi connectivity index (χ3v) is 2.22. The molecule has 0 aliphatic heterocycles. The first kappa shape index (κ1) is 8.27. The molecule has 2 unspecified atom stereocenters. The van der Waals surface area contributed by atoms with Gasteiger partial charge in [-0.1, -0.05) is 6.08 Å². The monoisotopic (exact) mass is 155 g/mol. The van der Waals surface area contributed by atoms with E-state index in [-0.39, 0.29) is 5.54 Å². The van der Waals surface area contributed by atoms with Crippen molar-refractivity contribution in [3.63, 3.8) is 0 Å². The van der Waals surface area contributed by atoms with Crippen molar-refractivity contribution < 1.29 is 9.53 Å². The fourth-order valence-electron chi connectivity index (χ4n) is 1.25. The Balaban J connectivity index is 2.17. The minimum Gasteiger partial charge on any atom is -0.468 e. The van der Waals surface area contributed by atoms with Gasteiger partial charge in [0.25, 0.3) is 6.47 Å². The number of carbonyl (C=O) groups is 1. The van der Waals surface area contributed by atoms with E-state index in [1.807, 2.05) is 6.08 Å². The van der Waals surface area contributed by atoms with E-state index in [2.05, 4.69) is 11.3 Å². The summed E-state index contributed by atoms with van der Waals surface area (Å²) in [6, 6.07) is 0. The van der Waals surface area contributed by atoms with Gasteiger partial charge in [-0.25, -0.2) is 0 Å². The lowest BCUT2D eigenvalue weighted by Gasteiger charge is -2.07. The maximum atomic E-state index is 9.78. The lowest BCUT2D eigenvalue weighted by Crippen LogP contribution is -2.26. The third kappa shape index (κ3) is 1.80. The number of hydrogen-bond acceptors (Lipinski definition) is 3. The summed E-state index contributed by atoms with van der Waals surface area (Å²) in [7, 11) is 0. The van der Waals surface area contributed by atoms with Crippen LogP contribution in [0.15, 0.2) is 12.7 Å². The molecule has 2 N–H and O–H groups in total. The molecule has 1 saturated carbocycles. The van der Waals surface area contributed by atoms with Gasteiger partial charge in [-0.05, 0) is 12.3 Å². The number of ether oxygens (including phenoxy) is 1. The number of carbonyl (C=O) groups excluding carboxylic acids is 1. The molecule has 1 fully saturated rings. The summed E-state index contributed by atoms with van der Waals surface area (Å²) in [5, 5.41) is 0. The number of rotatable bonds is 5. The van der Waals surface area contributed by atoms with Crippen molar-refractivity contribution in [1.82, 2.24) is 0 Å². The molecular weight excluding hydrogens is 142 g/mol. The SMILES string of the molecule is C=CC1CC1(N)CCOC=O. The lowest BCUT2D eigenvalue weighted by molar-refractivity contribution is -0.128. The molecule has 0 aromatic rings. The van der Waals surface area contributed by atoms with Crippen LogP contribution in [0.5, 0.6) is 0 Å². The van der Waals surface area contributed by atoms with E-state index in [4.69, 9.17) is 5.73 Å². The molecule has 1 rings (SSSR count). The van der Waals surface area contributed by atoms with Crippen LogP contribution < -0.4 is 5.73 Å². The molecule has 0 aromatic heterocycles. The molecule has 0 aromatic carbocycles. The van der Waals surface area contributed by atoms with Crippen LogP contribution in [0.25, 0.3) is 0 Å². The zero-order chi connectivity index (χ0) is 8.32. The Morgan fingerprint density at radius 1 is 1.82 bits per heavy atom. The van der Waals surface area contributed by atoms with Crippen LogP contribution in [0, 0.1) is 5.92 Å². The van der Waals surface area contributed by atoms with Gasteiger partial charge in [0, 0.05) is 12.0 Å². The topological polar surface area (TPSA) is 52.3 Å². The summed E-state index contributed by atoms with van der Waals surface area (Å²) in [5.41, 5.74) is 5.74. The summed E-state index contributed by atoms with van der Waals surface area (Å²) < 4.78 is 4.55. The van der Waals surface area contributed by atoms with Crippen LogP contribution in [-0.2, 0) is 9.53 Å². The quantitative estimate of drug-likeness (QED) is 0.356. The Labute approximate surface area is 66.2 Å². The van der Waals surface area contributed by atoms with Gasteiger partial charge in [-0.15, -0.1) is 6.58 Å². The highest BCUT2D eigenvalue weighted by Gasteiger charge is 2.48. The minimum atomic E-state index is -0.134. The molecule has 0 spiro atoms. The van der Waals surface area contributed by atoms with Gasteiger partial charge < -0.3 is 10.5 Å². The van der Waals surface area contributed by atoms with Crippen molar-refractivity contribution in [2.45, 2.75) is 18.4 Å². The first-order valence-electron chi connectivity index (χ1n) is 3.69.